The number of aromatic nitrogens is 2. The quantitative estimate of drug-likeness (QED) is 0.609. The molecule has 0 unspecified atom stereocenters. The van der Waals surface area contributed by atoms with Crippen LogP contribution in [0.2, 0.25) is 0 Å². The van der Waals surface area contributed by atoms with Crippen molar-refractivity contribution < 1.29 is 13.9 Å². The van der Waals surface area contributed by atoms with Gasteiger partial charge in [0.2, 0.25) is 10.9 Å². The van der Waals surface area contributed by atoms with E-state index in [-0.39, 0.29) is 5.76 Å². The molecular formula is C14H19N3O3S2. The van der Waals surface area contributed by atoms with Crippen molar-refractivity contribution >= 4 is 34.2 Å². The topological polar surface area (TPSA) is 77.2 Å². The van der Waals surface area contributed by atoms with Crippen LogP contribution in [0.15, 0.2) is 14.8 Å². The highest BCUT2D eigenvalue weighted by atomic mass is 32.2. The lowest BCUT2D eigenvalue weighted by Crippen LogP contribution is -2.07. The summed E-state index contributed by atoms with van der Waals surface area (Å²) in [7, 11) is 1.34. The molecule has 0 bridgehead atoms. The molecule has 0 aliphatic heterocycles. The Kier molecular flexibility index (Phi) is 5.84. The van der Waals surface area contributed by atoms with Crippen molar-refractivity contribution in [2.75, 3.05) is 19.0 Å². The van der Waals surface area contributed by atoms with Gasteiger partial charge >= 0.3 is 5.97 Å². The van der Waals surface area contributed by atoms with E-state index in [2.05, 4.69) is 34.1 Å². The highest BCUT2D eigenvalue weighted by molar-refractivity contribution is 8.00. The first-order valence-corrected chi connectivity index (χ1v) is 8.67. The van der Waals surface area contributed by atoms with Crippen LogP contribution >= 0.6 is 23.1 Å². The average Bonchev–Trinajstić information content (AvgIpc) is 3.08. The second-order valence-electron chi connectivity index (χ2n) is 5.15. The summed E-state index contributed by atoms with van der Waals surface area (Å²) in [5.74, 6) is 1.67. The van der Waals surface area contributed by atoms with Gasteiger partial charge in [-0.05, 0) is 18.9 Å². The summed E-state index contributed by atoms with van der Waals surface area (Å²) in [5, 5.41) is 12.3. The van der Waals surface area contributed by atoms with Gasteiger partial charge in [0.15, 0.2) is 4.34 Å². The van der Waals surface area contributed by atoms with Gasteiger partial charge in [-0.15, -0.1) is 10.2 Å². The third-order valence-electron chi connectivity index (χ3n) is 2.75. The lowest BCUT2D eigenvalue weighted by molar-refractivity contribution is 0.0562. The molecule has 8 heteroatoms. The van der Waals surface area contributed by atoms with E-state index in [1.54, 1.807) is 0 Å². The molecule has 0 spiro atoms. The molecule has 2 rings (SSSR count). The Hall–Kier alpha value is -1.54. The van der Waals surface area contributed by atoms with Crippen LogP contribution in [0.5, 0.6) is 0 Å². The third-order valence-corrected chi connectivity index (χ3v) is 4.78. The normalized spacial score (nSPS) is 11.0. The predicted octanol–water partition coefficient (Wildman–Crippen LogP) is 3.59. The fraction of sp³-hybridized carbons (Fsp3) is 0.500. The van der Waals surface area contributed by atoms with E-state index in [4.69, 9.17) is 4.42 Å². The van der Waals surface area contributed by atoms with E-state index >= 15 is 0 Å². The number of rotatable bonds is 7. The fourth-order valence-electron chi connectivity index (χ4n) is 1.68. The zero-order chi connectivity index (χ0) is 16.1. The van der Waals surface area contributed by atoms with Crippen LogP contribution in [0.25, 0.3) is 0 Å². The van der Waals surface area contributed by atoms with Crippen molar-refractivity contribution in [3.63, 3.8) is 0 Å². The number of esters is 1. The van der Waals surface area contributed by atoms with Crippen molar-refractivity contribution in [2.24, 2.45) is 5.92 Å². The number of anilines is 1. The minimum absolute atomic E-state index is 0.259. The lowest BCUT2D eigenvalue weighted by atomic mass is 10.2. The van der Waals surface area contributed by atoms with Crippen LogP contribution in [-0.2, 0) is 10.5 Å². The Labute approximate surface area is 137 Å². The van der Waals surface area contributed by atoms with Crippen LogP contribution < -0.4 is 5.32 Å². The molecule has 0 radical (unpaired) electrons. The first-order chi connectivity index (χ1) is 10.5. The Morgan fingerprint density at radius 2 is 2.27 bits per heavy atom. The Bertz CT molecular complexity index is 637. The van der Waals surface area contributed by atoms with E-state index in [9.17, 15) is 4.79 Å². The summed E-state index contributed by atoms with van der Waals surface area (Å²) in [6, 6.07) is 1.85. The summed E-state index contributed by atoms with van der Waals surface area (Å²) >= 11 is 3.04. The number of nitrogens with zero attached hydrogens (tertiary/aromatic N) is 2. The van der Waals surface area contributed by atoms with Gasteiger partial charge in [0.25, 0.3) is 0 Å². The summed E-state index contributed by atoms with van der Waals surface area (Å²) in [5.41, 5.74) is 0.777. The van der Waals surface area contributed by atoms with Crippen LogP contribution in [0.1, 0.15) is 35.7 Å². The molecule has 1 N–H and O–H groups in total. The van der Waals surface area contributed by atoms with Crippen LogP contribution in [-0.4, -0.2) is 29.8 Å². The maximum atomic E-state index is 11.5. The predicted molar refractivity (Wildman–Crippen MR) is 87.6 cm³/mol. The van der Waals surface area contributed by atoms with Crippen molar-refractivity contribution in [2.45, 2.75) is 30.9 Å². The molecule has 0 aromatic carbocycles. The summed E-state index contributed by atoms with van der Waals surface area (Å²) in [6.45, 7) is 6.98. The van der Waals surface area contributed by atoms with Crippen LogP contribution in [0.3, 0.4) is 0 Å². The lowest BCUT2D eigenvalue weighted by Gasteiger charge is -2.03. The number of ether oxygens (including phenoxy) is 1. The first kappa shape index (κ1) is 16.8. The van der Waals surface area contributed by atoms with Crippen molar-refractivity contribution in [3.8, 4) is 0 Å². The SMILES string of the molecule is COC(=O)c1oc(CSc2nnc(NCC(C)C)s2)cc1C. The van der Waals surface area contributed by atoms with E-state index in [1.165, 1.54) is 30.2 Å². The van der Waals surface area contributed by atoms with Gasteiger partial charge in [-0.2, -0.15) is 0 Å². The van der Waals surface area contributed by atoms with E-state index < -0.39 is 5.97 Å². The molecule has 0 aliphatic carbocycles. The summed E-state index contributed by atoms with van der Waals surface area (Å²) < 4.78 is 11.1. The molecule has 2 aromatic heterocycles. The van der Waals surface area contributed by atoms with Gasteiger partial charge in [-0.1, -0.05) is 36.9 Å². The first-order valence-electron chi connectivity index (χ1n) is 6.87. The van der Waals surface area contributed by atoms with E-state index in [0.29, 0.717) is 11.7 Å². The Morgan fingerprint density at radius 1 is 1.50 bits per heavy atom. The maximum absolute atomic E-state index is 11.5. The van der Waals surface area contributed by atoms with Gasteiger partial charge < -0.3 is 14.5 Å². The minimum Gasteiger partial charge on any atom is -0.463 e. The van der Waals surface area contributed by atoms with Crippen molar-refractivity contribution in [1.82, 2.24) is 10.2 Å². The Balaban J connectivity index is 1.92. The number of thioether (sulfide) groups is 1. The molecule has 0 amide bonds. The monoisotopic (exact) mass is 341 g/mol. The van der Waals surface area contributed by atoms with Gasteiger partial charge in [-0.3, -0.25) is 0 Å². The largest absolute Gasteiger partial charge is 0.463 e. The maximum Gasteiger partial charge on any atom is 0.374 e. The number of nitrogens with one attached hydrogen (secondary N) is 1. The van der Waals surface area contributed by atoms with Gasteiger partial charge in [0.1, 0.15) is 5.76 Å². The number of aryl methyl sites for hydroxylation is 1. The molecule has 0 fully saturated rings. The number of furan rings is 1. The molecule has 6 nitrogen and oxygen atoms in total. The van der Waals surface area contributed by atoms with E-state index in [1.807, 2.05) is 13.0 Å². The molecule has 0 saturated heterocycles. The number of methoxy groups -OCH3 is 1. The van der Waals surface area contributed by atoms with E-state index in [0.717, 1.165) is 27.3 Å². The van der Waals surface area contributed by atoms with Gasteiger partial charge in [-0.25, -0.2) is 4.79 Å². The molecule has 2 aromatic rings. The Morgan fingerprint density at radius 3 is 2.95 bits per heavy atom. The summed E-state index contributed by atoms with van der Waals surface area (Å²) in [4.78, 5) is 11.5. The van der Waals surface area contributed by atoms with Crippen molar-refractivity contribution in [1.29, 1.82) is 0 Å². The highest BCUT2D eigenvalue weighted by Gasteiger charge is 2.16. The zero-order valence-electron chi connectivity index (χ0n) is 13.0. The van der Waals surface area contributed by atoms with Crippen molar-refractivity contribution in [3.05, 3.63) is 23.2 Å². The number of carbonyl (C=O) groups is 1. The standard InChI is InChI=1S/C14H19N3O3S2/c1-8(2)6-15-13-16-17-14(22-13)21-7-10-5-9(3)11(20-10)12(18)19-4/h5,8H,6-7H2,1-4H3,(H,15,16). The smallest absolute Gasteiger partial charge is 0.374 e. The minimum atomic E-state index is -0.454. The second kappa shape index (κ2) is 7.64. The molecule has 2 heterocycles. The summed E-state index contributed by atoms with van der Waals surface area (Å²) in [6.07, 6.45) is 0. The number of carbonyl (C=O) groups excluding carboxylic acids is 1. The van der Waals surface area contributed by atoms with Gasteiger partial charge in [0, 0.05) is 12.1 Å². The molecule has 120 valence electrons. The van der Waals surface area contributed by atoms with Crippen LogP contribution in [0, 0.1) is 12.8 Å². The number of hydrogen-bond donors (Lipinski definition) is 1. The third kappa shape index (κ3) is 4.48. The zero-order valence-corrected chi connectivity index (χ0v) is 14.6. The van der Waals surface area contributed by atoms with Crippen LogP contribution in [0.4, 0.5) is 5.13 Å². The molecule has 22 heavy (non-hydrogen) atoms. The fourth-order valence-corrected chi connectivity index (χ4v) is 3.32. The second-order valence-corrected chi connectivity index (χ2v) is 7.35. The molecule has 0 atom stereocenters. The number of hydrogen-bond acceptors (Lipinski definition) is 8. The van der Waals surface area contributed by atoms with Gasteiger partial charge in [0.05, 0.1) is 12.9 Å². The molecule has 0 saturated carbocycles. The molecular weight excluding hydrogens is 322 g/mol. The molecule has 0 aliphatic rings. The average molecular weight is 341 g/mol. The highest BCUT2D eigenvalue weighted by Crippen LogP contribution is 2.29.